The first-order chi connectivity index (χ1) is 11.8. The van der Waals surface area contributed by atoms with Crippen LogP contribution in [0.25, 0.3) is 0 Å². The fourth-order valence-electron chi connectivity index (χ4n) is 4.27. The zero-order valence-corrected chi connectivity index (χ0v) is 14.2. The van der Waals surface area contributed by atoms with Gasteiger partial charge in [-0.25, -0.2) is 4.98 Å². The Hall–Kier alpha value is -2.17. The summed E-state index contributed by atoms with van der Waals surface area (Å²) in [7, 11) is 0. The first-order valence-corrected chi connectivity index (χ1v) is 9.01. The average molecular weight is 324 g/mol. The summed E-state index contributed by atoms with van der Waals surface area (Å²) in [4.78, 5) is 27.9. The van der Waals surface area contributed by atoms with E-state index in [0.29, 0.717) is 0 Å². The lowest BCUT2D eigenvalue weighted by Crippen LogP contribution is -2.58. The largest absolute Gasteiger partial charge is 0.348 e. The topological polar surface area (TPSA) is 61.9 Å². The monoisotopic (exact) mass is 324 g/mol. The summed E-state index contributed by atoms with van der Waals surface area (Å²) in [6.45, 7) is 2.91. The second-order valence-electron chi connectivity index (χ2n) is 6.95. The summed E-state index contributed by atoms with van der Waals surface area (Å²) in [5.41, 5.74) is 3.03. The number of fused-ring (bicyclic) bond motifs is 2. The van der Waals surface area contributed by atoms with Gasteiger partial charge >= 0.3 is 0 Å². The van der Waals surface area contributed by atoms with Gasteiger partial charge in [-0.1, -0.05) is 19.4 Å². The second-order valence-corrected chi connectivity index (χ2v) is 6.95. The van der Waals surface area contributed by atoms with E-state index < -0.39 is 0 Å². The van der Waals surface area contributed by atoms with Crippen LogP contribution >= 0.6 is 0 Å². The number of nitrogens with zero attached hydrogens (tertiary/aromatic N) is 3. The van der Waals surface area contributed by atoms with Crippen LogP contribution < -0.4 is 0 Å². The van der Waals surface area contributed by atoms with E-state index in [0.717, 1.165) is 56.5 Å². The van der Waals surface area contributed by atoms with Crippen molar-refractivity contribution in [2.45, 2.75) is 56.9 Å². The second kappa shape index (κ2) is 6.04. The van der Waals surface area contributed by atoms with Crippen molar-refractivity contribution in [1.82, 2.24) is 19.9 Å². The molecule has 1 fully saturated rings. The molecule has 0 radical (unpaired) electrons. The van der Waals surface area contributed by atoms with E-state index in [-0.39, 0.29) is 17.4 Å². The van der Waals surface area contributed by atoms with Gasteiger partial charge in [0.15, 0.2) is 0 Å². The standard InChI is InChI=1S/C19H24N4O/c1-2-6-14(15-7-3-4-11-20-15)18(24)23-12-8-16-17(22-13-21-16)19(23)9-5-10-19/h3-4,7,11,13-14H,2,5-6,8-10,12H2,1H3,(H,21,22). The fourth-order valence-corrected chi connectivity index (χ4v) is 4.27. The van der Waals surface area contributed by atoms with Gasteiger partial charge in [0, 0.05) is 24.9 Å². The van der Waals surface area contributed by atoms with Crippen molar-refractivity contribution < 1.29 is 4.79 Å². The van der Waals surface area contributed by atoms with Crippen LogP contribution in [-0.2, 0) is 16.8 Å². The van der Waals surface area contributed by atoms with Crippen molar-refractivity contribution in [2.75, 3.05) is 6.54 Å². The Labute approximate surface area is 142 Å². The molecular weight excluding hydrogens is 300 g/mol. The molecule has 1 aliphatic carbocycles. The molecule has 0 aromatic carbocycles. The lowest BCUT2D eigenvalue weighted by atomic mass is 9.69. The number of hydrogen-bond donors (Lipinski definition) is 1. The molecule has 4 rings (SSSR count). The molecule has 2 aromatic heterocycles. The van der Waals surface area contributed by atoms with Gasteiger partial charge in [-0.05, 0) is 37.8 Å². The van der Waals surface area contributed by atoms with E-state index in [1.54, 1.807) is 12.5 Å². The van der Waals surface area contributed by atoms with Crippen LogP contribution in [0, 0.1) is 0 Å². The Bertz CT molecular complexity index is 720. The van der Waals surface area contributed by atoms with Gasteiger partial charge in [0.2, 0.25) is 5.91 Å². The highest BCUT2D eigenvalue weighted by molar-refractivity contribution is 5.84. The minimum absolute atomic E-state index is 0.144. The van der Waals surface area contributed by atoms with Crippen molar-refractivity contribution in [2.24, 2.45) is 0 Å². The van der Waals surface area contributed by atoms with E-state index in [1.807, 2.05) is 18.2 Å². The zero-order chi connectivity index (χ0) is 16.6. The van der Waals surface area contributed by atoms with Crippen molar-refractivity contribution in [3.63, 3.8) is 0 Å². The van der Waals surface area contributed by atoms with Crippen molar-refractivity contribution in [3.05, 3.63) is 47.8 Å². The molecule has 2 aliphatic rings. The van der Waals surface area contributed by atoms with E-state index >= 15 is 0 Å². The quantitative estimate of drug-likeness (QED) is 0.940. The summed E-state index contributed by atoms with van der Waals surface area (Å²) in [5, 5.41) is 0. The fraction of sp³-hybridized carbons (Fsp3) is 0.526. The number of carbonyl (C=O) groups is 1. The Morgan fingerprint density at radius 3 is 2.92 bits per heavy atom. The Morgan fingerprint density at radius 1 is 1.38 bits per heavy atom. The van der Waals surface area contributed by atoms with Crippen LogP contribution in [0.4, 0.5) is 0 Å². The van der Waals surface area contributed by atoms with Crippen molar-refractivity contribution >= 4 is 5.91 Å². The summed E-state index contributed by atoms with van der Waals surface area (Å²) in [6.07, 6.45) is 9.46. The molecule has 1 saturated carbocycles. The van der Waals surface area contributed by atoms with Crippen LogP contribution in [0.15, 0.2) is 30.7 Å². The van der Waals surface area contributed by atoms with Crippen molar-refractivity contribution in [3.8, 4) is 0 Å². The minimum atomic E-state index is -0.175. The Kier molecular flexibility index (Phi) is 3.87. The van der Waals surface area contributed by atoms with Crippen molar-refractivity contribution in [1.29, 1.82) is 0 Å². The lowest BCUT2D eigenvalue weighted by molar-refractivity contribution is -0.146. The van der Waals surface area contributed by atoms with E-state index in [1.165, 1.54) is 5.69 Å². The minimum Gasteiger partial charge on any atom is -0.348 e. The normalized spacial score (nSPS) is 19.6. The van der Waals surface area contributed by atoms with Gasteiger partial charge in [0.05, 0.1) is 29.2 Å². The van der Waals surface area contributed by atoms with Crippen LogP contribution in [0.3, 0.4) is 0 Å². The molecular formula is C19H24N4O. The predicted octanol–water partition coefficient (Wildman–Crippen LogP) is 3.15. The number of H-pyrrole nitrogens is 1. The molecule has 126 valence electrons. The molecule has 0 bridgehead atoms. The maximum absolute atomic E-state index is 13.5. The van der Waals surface area contributed by atoms with Crippen LogP contribution in [0.5, 0.6) is 0 Å². The number of aromatic nitrogens is 3. The highest BCUT2D eigenvalue weighted by atomic mass is 16.2. The van der Waals surface area contributed by atoms with Gasteiger partial charge in [-0.15, -0.1) is 0 Å². The highest BCUT2D eigenvalue weighted by Crippen LogP contribution is 2.49. The molecule has 1 spiro atoms. The van der Waals surface area contributed by atoms with Gasteiger partial charge < -0.3 is 9.88 Å². The number of hydrogen-bond acceptors (Lipinski definition) is 3. The maximum Gasteiger partial charge on any atom is 0.232 e. The predicted molar refractivity (Wildman–Crippen MR) is 91.4 cm³/mol. The van der Waals surface area contributed by atoms with E-state index in [4.69, 9.17) is 0 Å². The zero-order valence-electron chi connectivity index (χ0n) is 14.2. The average Bonchev–Trinajstić information content (AvgIpc) is 3.06. The smallest absolute Gasteiger partial charge is 0.232 e. The lowest BCUT2D eigenvalue weighted by Gasteiger charge is -2.52. The Morgan fingerprint density at radius 2 is 2.25 bits per heavy atom. The van der Waals surface area contributed by atoms with Gasteiger partial charge in [0.1, 0.15) is 0 Å². The molecule has 0 saturated heterocycles. The number of pyridine rings is 1. The van der Waals surface area contributed by atoms with Gasteiger partial charge in [-0.2, -0.15) is 0 Å². The van der Waals surface area contributed by atoms with Gasteiger partial charge in [0.25, 0.3) is 0 Å². The molecule has 5 heteroatoms. The number of imidazole rings is 1. The molecule has 3 heterocycles. The summed E-state index contributed by atoms with van der Waals surface area (Å²) in [6, 6.07) is 5.86. The molecule has 1 atom stereocenters. The first kappa shape index (κ1) is 15.4. The highest BCUT2D eigenvalue weighted by Gasteiger charge is 2.52. The third kappa shape index (κ3) is 2.26. The molecule has 1 aliphatic heterocycles. The number of nitrogens with one attached hydrogen (secondary N) is 1. The van der Waals surface area contributed by atoms with Gasteiger partial charge in [-0.3, -0.25) is 9.78 Å². The molecule has 5 nitrogen and oxygen atoms in total. The summed E-state index contributed by atoms with van der Waals surface area (Å²) < 4.78 is 0. The molecule has 1 unspecified atom stereocenters. The maximum atomic E-state index is 13.5. The number of aromatic amines is 1. The Balaban J connectivity index is 1.68. The number of carbonyl (C=O) groups excluding carboxylic acids is 1. The number of rotatable bonds is 4. The summed E-state index contributed by atoms with van der Waals surface area (Å²) in [5.74, 6) is 0.0815. The molecule has 2 aromatic rings. The van der Waals surface area contributed by atoms with Crippen LogP contribution in [0.1, 0.15) is 62.0 Å². The molecule has 1 N–H and O–H groups in total. The summed E-state index contributed by atoms with van der Waals surface area (Å²) >= 11 is 0. The SMILES string of the molecule is CCCC(C(=O)N1CCc2[nH]cnc2C12CCC2)c1ccccn1. The number of amides is 1. The first-order valence-electron chi connectivity index (χ1n) is 9.01. The van der Waals surface area contributed by atoms with E-state index in [9.17, 15) is 4.79 Å². The molecule has 1 amide bonds. The third-order valence-corrected chi connectivity index (χ3v) is 5.63. The van der Waals surface area contributed by atoms with Crippen LogP contribution in [0.2, 0.25) is 0 Å². The molecule has 24 heavy (non-hydrogen) atoms. The third-order valence-electron chi connectivity index (χ3n) is 5.63. The van der Waals surface area contributed by atoms with E-state index in [2.05, 4.69) is 26.8 Å². The van der Waals surface area contributed by atoms with Crippen LogP contribution in [-0.4, -0.2) is 32.3 Å².